The predicted molar refractivity (Wildman–Crippen MR) is 69.4 cm³/mol. The van der Waals surface area contributed by atoms with Crippen LogP contribution in [0.3, 0.4) is 0 Å². The summed E-state index contributed by atoms with van der Waals surface area (Å²) in [6, 6.07) is 5.44. The molecule has 2 rings (SSSR count). The summed E-state index contributed by atoms with van der Waals surface area (Å²) in [5.41, 5.74) is 1.95. The maximum Gasteiger partial charge on any atom is 0.115 e. The predicted octanol–water partition coefficient (Wildman–Crippen LogP) is 3.09. The second kappa shape index (κ2) is 5.45. The van der Waals surface area contributed by atoms with Crippen molar-refractivity contribution in [2.45, 2.75) is 6.04 Å². The summed E-state index contributed by atoms with van der Waals surface area (Å²) in [6.45, 7) is 0. The van der Waals surface area contributed by atoms with Crippen LogP contribution in [-0.2, 0) is 0 Å². The van der Waals surface area contributed by atoms with Gasteiger partial charge in [0.15, 0.2) is 0 Å². The molecule has 1 N–H and O–H groups in total. The van der Waals surface area contributed by atoms with Gasteiger partial charge in [0.05, 0.1) is 6.04 Å². The van der Waals surface area contributed by atoms with Crippen LogP contribution in [0, 0.1) is 0 Å². The molecule has 0 radical (unpaired) electrons. The Bertz CT molecular complexity index is 482. The van der Waals surface area contributed by atoms with E-state index in [4.69, 9.17) is 23.2 Å². The molecule has 1 aromatic carbocycles. The Hall–Kier alpha value is -1.16. The highest BCUT2D eigenvalue weighted by Gasteiger charge is 2.13. The molecular weight excluding hydrogens is 257 g/mol. The Morgan fingerprint density at radius 3 is 2.12 bits per heavy atom. The number of hydrogen-bond donors (Lipinski definition) is 1. The van der Waals surface area contributed by atoms with Crippen molar-refractivity contribution in [3.8, 4) is 0 Å². The molecule has 1 heterocycles. The van der Waals surface area contributed by atoms with Crippen molar-refractivity contribution < 1.29 is 0 Å². The minimum Gasteiger partial charge on any atom is -0.309 e. The topological polar surface area (TPSA) is 37.8 Å². The van der Waals surface area contributed by atoms with Crippen LogP contribution in [0.1, 0.15) is 17.2 Å². The van der Waals surface area contributed by atoms with Crippen LogP contribution in [0.25, 0.3) is 0 Å². The second-order valence-corrected chi connectivity index (χ2v) is 4.47. The third-order valence-corrected chi connectivity index (χ3v) is 2.86. The zero-order valence-electron chi connectivity index (χ0n) is 9.19. The van der Waals surface area contributed by atoms with Crippen LogP contribution in [0.4, 0.5) is 0 Å². The normalized spacial score (nSPS) is 12.4. The van der Waals surface area contributed by atoms with E-state index in [1.807, 2.05) is 19.2 Å². The minimum atomic E-state index is -0.0209. The Morgan fingerprint density at radius 1 is 1.00 bits per heavy atom. The highest BCUT2D eigenvalue weighted by atomic mass is 35.5. The van der Waals surface area contributed by atoms with Crippen molar-refractivity contribution in [3.63, 3.8) is 0 Å². The Balaban J connectivity index is 2.42. The third kappa shape index (κ3) is 2.94. The molecule has 1 unspecified atom stereocenters. The van der Waals surface area contributed by atoms with Crippen LogP contribution in [0.15, 0.2) is 36.9 Å². The lowest BCUT2D eigenvalue weighted by molar-refractivity contribution is 0.685. The molecule has 0 aliphatic carbocycles. The van der Waals surface area contributed by atoms with E-state index in [0.717, 1.165) is 11.1 Å². The fourth-order valence-corrected chi connectivity index (χ4v) is 2.27. The summed E-state index contributed by atoms with van der Waals surface area (Å²) in [6.07, 6.45) is 5.03. The number of nitrogens with one attached hydrogen (secondary N) is 1. The van der Waals surface area contributed by atoms with E-state index in [1.54, 1.807) is 18.5 Å². The van der Waals surface area contributed by atoms with E-state index >= 15 is 0 Å². The number of hydrogen-bond acceptors (Lipinski definition) is 3. The SMILES string of the molecule is CNC(c1cncnc1)c1cc(Cl)cc(Cl)c1. The molecule has 3 nitrogen and oxygen atoms in total. The summed E-state index contributed by atoms with van der Waals surface area (Å²) in [5, 5.41) is 4.42. The van der Waals surface area contributed by atoms with Gasteiger partial charge < -0.3 is 5.32 Å². The van der Waals surface area contributed by atoms with E-state index < -0.39 is 0 Å². The first kappa shape index (κ1) is 12.3. The third-order valence-electron chi connectivity index (χ3n) is 2.42. The van der Waals surface area contributed by atoms with E-state index in [1.165, 1.54) is 6.33 Å². The molecule has 17 heavy (non-hydrogen) atoms. The standard InChI is InChI=1S/C12H11Cl2N3/c1-15-12(9-5-16-7-17-6-9)8-2-10(13)4-11(14)3-8/h2-7,12,15H,1H3. The van der Waals surface area contributed by atoms with Gasteiger partial charge in [-0.3, -0.25) is 0 Å². The van der Waals surface area contributed by atoms with Gasteiger partial charge in [0, 0.05) is 28.0 Å². The number of nitrogens with zero attached hydrogens (tertiary/aromatic N) is 2. The van der Waals surface area contributed by atoms with Crippen molar-refractivity contribution in [3.05, 3.63) is 58.1 Å². The fourth-order valence-electron chi connectivity index (χ4n) is 1.73. The second-order valence-electron chi connectivity index (χ2n) is 3.60. The van der Waals surface area contributed by atoms with Gasteiger partial charge in [-0.2, -0.15) is 0 Å². The molecule has 0 bridgehead atoms. The van der Waals surface area contributed by atoms with Crippen LogP contribution in [0.5, 0.6) is 0 Å². The van der Waals surface area contributed by atoms with Gasteiger partial charge in [0.1, 0.15) is 6.33 Å². The summed E-state index contributed by atoms with van der Waals surface area (Å²) < 4.78 is 0. The molecule has 0 fully saturated rings. The van der Waals surface area contributed by atoms with Crippen LogP contribution in [-0.4, -0.2) is 17.0 Å². The van der Waals surface area contributed by atoms with Crippen molar-refractivity contribution in [2.75, 3.05) is 7.05 Å². The molecule has 1 atom stereocenters. The number of aromatic nitrogens is 2. The van der Waals surface area contributed by atoms with Gasteiger partial charge in [-0.1, -0.05) is 23.2 Å². The number of benzene rings is 1. The van der Waals surface area contributed by atoms with Gasteiger partial charge in [-0.25, -0.2) is 9.97 Å². The molecule has 5 heteroatoms. The minimum absolute atomic E-state index is 0.0209. The lowest BCUT2D eigenvalue weighted by Gasteiger charge is -2.16. The molecule has 0 spiro atoms. The molecule has 0 saturated carbocycles. The number of rotatable bonds is 3. The van der Waals surface area contributed by atoms with E-state index in [0.29, 0.717) is 10.0 Å². The summed E-state index contributed by atoms with van der Waals surface area (Å²) in [5.74, 6) is 0. The van der Waals surface area contributed by atoms with Crippen molar-refractivity contribution in [1.29, 1.82) is 0 Å². The van der Waals surface area contributed by atoms with Crippen molar-refractivity contribution >= 4 is 23.2 Å². The lowest BCUT2D eigenvalue weighted by Crippen LogP contribution is -2.18. The quantitative estimate of drug-likeness (QED) is 0.929. The average Bonchev–Trinajstić information content (AvgIpc) is 2.30. The highest BCUT2D eigenvalue weighted by molar-refractivity contribution is 6.34. The Morgan fingerprint density at radius 2 is 1.59 bits per heavy atom. The van der Waals surface area contributed by atoms with Gasteiger partial charge in [0.25, 0.3) is 0 Å². The zero-order valence-corrected chi connectivity index (χ0v) is 10.7. The van der Waals surface area contributed by atoms with Crippen LogP contribution in [0.2, 0.25) is 10.0 Å². The molecule has 0 aliphatic rings. The molecule has 88 valence electrons. The first-order valence-electron chi connectivity index (χ1n) is 5.09. The van der Waals surface area contributed by atoms with E-state index in [-0.39, 0.29) is 6.04 Å². The molecule has 0 saturated heterocycles. The molecule has 2 aromatic rings. The lowest BCUT2D eigenvalue weighted by atomic mass is 10.0. The zero-order chi connectivity index (χ0) is 12.3. The first-order chi connectivity index (χ1) is 8.20. The first-order valence-corrected chi connectivity index (χ1v) is 5.84. The monoisotopic (exact) mass is 267 g/mol. The molecule has 1 aromatic heterocycles. The van der Waals surface area contributed by atoms with Crippen molar-refractivity contribution in [2.24, 2.45) is 0 Å². The Labute approximate surface area is 110 Å². The molecule has 0 amide bonds. The van der Waals surface area contributed by atoms with Gasteiger partial charge in [-0.05, 0) is 30.8 Å². The van der Waals surface area contributed by atoms with E-state index in [2.05, 4.69) is 15.3 Å². The average molecular weight is 268 g/mol. The van der Waals surface area contributed by atoms with Crippen LogP contribution < -0.4 is 5.32 Å². The van der Waals surface area contributed by atoms with E-state index in [9.17, 15) is 0 Å². The smallest absolute Gasteiger partial charge is 0.115 e. The van der Waals surface area contributed by atoms with Gasteiger partial charge in [-0.15, -0.1) is 0 Å². The number of halogens is 2. The van der Waals surface area contributed by atoms with Crippen molar-refractivity contribution in [1.82, 2.24) is 15.3 Å². The molecule has 0 aliphatic heterocycles. The van der Waals surface area contributed by atoms with Gasteiger partial charge >= 0.3 is 0 Å². The molecular formula is C12H11Cl2N3. The summed E-state index contributed by atoms with van der Waals surface area (Å²) >= 11 is 12.0. The summed E-state index contributed by atoms with van der Waals surface area (Å²) in [7, 11) is 1.87. The largest absolute Gasteiger partial charge is 0.309 e. The van der Waals surface area contributed by atoms with Gasteiger partial charge in [0.2, 0.25) is 0 Å². The maximum absolute atomic E-state index is 6.00. The summed E-state index contributed by atoms with van der Waals surface area (Å²) in [4.78, 5) is 8.01. The van der Waals surface area contributed by atoms with Crippen LogP contribution >= 0.6 is 23.2 Å². The Kier molecular flexibility index (Phi) is 3.94. The maximum atomic E-state index is 6.00. The fraction of sp³-hybridized carbons (Fsp3) is 0.167. The highest BCUT2D eigenvalue weighted by Crippen LogP contribution is 2.26.